The highest BCUT2D eigenvalue weighted by atomic mass is 28.4. The van der Waals surface area contributed by atoms with E-state index in [2.05, 4.69) is 11.0 Å². The fourth-order valence-electron chi connectivity index (χ4n) is 0. The number of hydrogen-bond acceptors (Lipinski definition) is 4. The van der Waals surface area contributed by atoms with Gasteiger partial charge < -0.3 is 18.8 Å². The van der Waals surface area contributed by atoms with E-state index in [0.717, 1.165) is 7.11 Å². The average Bonchev–Trinajstić information content (AvgIpc) is 1.87. The average molecular weight is 182 g/mol. The van der Waals surface area contributed by atoms with Crippen molar-refractivity contribution < 1.29 is 18.8 Å². The molecule has 0 aromatic rings. The lowest BCUT2D eigenvalue weighted by Gasteiger charge is -2.01. The lowest BCUT2D eigenvalue weighted by molar-refractivity contribution is 0.0881. The summed E-state index contributed by atoms with van der Waals surface area (Å²) in [5.41, 5.74) is 0. The van der Waals surface area contributed by atoms with Gasteiger partial charge in [0.25, 0.3) is 0 Å². The normalized spacial score (nSPS) is 10.0. The Morgan fingerprint density at radius 2 is 1.80 bits per heavy atom. The third-order valence-corrected chi connectivity index (χ3v) is 1.69. The van der Waals surface area contributed by atoms with E-state index in [1.807, 2.05) is 6.08 Å². The van der Waals surface area contributed by atoms with Crippen LogP contribution in [0.3, 0.4) is 0 Å². The molecule has 0 rings (SSSR count). The van der Waals surface area contributed by atoms with Crippen molar-refractivity contribution in [3.8, 4) is 0 Å². The van der Waals surface area contributed by atoms with Crippen molar-refractivity contribution in [1.29, 1.82) is 0 Å². The Bertz CT molecular complexity index is 79.8. The molecule has 0 amide bonds. The molecular formula is C4H14O4Si2. The van der Waals surface area contributed by atoms with E-state index in [1.54, 1.807) is 0 Å². The standard InChI is InChI=1S/C3H8Si.CH6O4Si/c1-2-3-4;1-5-6(2,3)4/h2H,1,3H2,4H3;2-4H,1H3. The van der Waals surface area contributed by atoms with Crippen molar-refractivity contribution in [1.82, 2.24) is 0 Å². The van der Waals surface area contributed by atoms with Crippen LogP contribution >= 0.6 is 0 Å². The van der Waals surface area contributed by atoms with Gasteiger partial charge in [-0.05, 0) is 6.04 Å². The zero-order valence-corrected chi connectivity index (χ0v) is 9.24. The first-order valence-electron chi connectivity index (χ1n) is 2.81. The van der Waals surface area contributed by atoms with Crippen LogP contribution in [0.15, 0.2) is 12.7 Å². The minimum atomic E-state index is -4.13. The second-order valence-corrected chi connectivity index (χ2v) is 3.85. The summed E-state index contributed by atoms with van der Waals surface area (Å²) in [6.07, 6.45) is 1.94. The maximum Gasteiger partial charge on any atom is 0.671 e. The molecule has 0 radical (unpaired) electrons. The van der Waals surface area contributed by atoms with E-state index < -0.39 is 9.05 Å². The van der Waals surface area contributed by atoms with E-state index >= 15 is 0 Å². The summed E-state index contributed by atoms with van der Waals surface area (Å²) in [5, 5.41) is 0. The van der Waals surface area contributed by atoms with Crippen molar-refractivity contribution in [3.63, 3.8) is 0 Å². The van der Waals surface area contributed by atoms with Crippen LogP contribution in [0, 0.1) is 0 Å². The molecule has 0 aromatic carbocycles. The highest BCUT2D eigenvalue weighted by molar-refractivity contribution is 6.48. The van der Waals surface area contributed by atoms with Gasteiger partial charge >= 0.3 is 9.05 Å². The van der Waals surface area contributed by atoms with E-state index in [9.17, 15) is 0 Å². The summed E-state index contributed by atoms with van der Waals surface area (Å²) in [7, 11) is -1.84. The second-order valence-electron chi connectivity index (χ2n) is 1.47. The van der Waals surface area contributed by atoms with E-state index in [4.69, 9.17) is 14.4 Å². The molecule has 0 atom stereocenters. The quantitative estimate of drug-likeness (QED) is 0.341. The Labute approximate surface area is 64.7 Å². The molecule has 0 saturated carbocycles. The first-order chi connectivity index (χ1) is 4.47. The fourth-order valence-corrected chi connectivity index (χ4v) is 0. The molecule has 0 spiro atoms. The van der Waals surface area contributed by atoms with Gasteiger partial charge in [-0.3, -0.25) is 0 Å². The predicted octanol–water partition coefficient (Wildman–Crippen LogP) is -2.00. The van der Waals surface area contributed by atoms with Crippen LogP contribution in [-0.2, 0) is 4.43 Å². The van der Waals surface area contributed by atoms with Crippen molar-refractivity contribution >= 4 is 19.3 Å². The van der Waals surface area contributed by atoms with Gasteiger partial charge in [0.15, 0.2) is 0 Å². The molecule has 10 heavy (non-hydrogen) atoms. The summed E-state index contributed by atoms with van der Waals surface area (Å²) in [5.74, 6) is 0. The lowest BCUT2D eigenvalue weighted by atomic mass is 10.8. The Kier molecular flexibility index (Phi) is 9.03. The van der Waals surface area contributed by atoms with Crippen LogP contribution in [0.5, 0.6) is 0 Å². The van der Waals surface area contributed by atoms with Crippen molar-refractivity contribution in [2.45, 2.75) is 6.04 Å². The van der Waals surface area contributed by atoms with Crippen LogP contribution in [0.25, 0.3) is 0 Å². The smallest absolute Gasteiger partial charge is 0.368 e. The molecule has 0 unspecified atom stereocenters. The molecule has 0 aromatic heterocycles. The molecule has 0 heterocycles. The summed E-state index contributed by atoms with van der Waals surface area (Å²) in [6, 6.07) is 1.22. The summed E-state index contributed by atoms with van der Waals surface area (Å²) >= 11 is 0. The zero-order valence-electron chi connectivity index (χ0n) is 6.24. The van der Waals surface area contributed by atoms with Gasteiger partial charge in [0.1, 0.15) is 0 Å². The Hall–Kier alpha value is 0.0138. The van der Waals surface area contributed by atoms with Crippen LogP contribution in [0.1, 0.15) is 0 Å². The minimum Gasteiger partial charge on any atom is -0.368 e. The third kappa shape index (κ3) is 24.5. The van der Waals surface area contributed by atoms with Crippen LogP contribution < -0.4 is 0 Å². The molecule has 6 heteroatoms. The Balaban J connectivity index is 0. The first kappa shape index (κ1) is 12.7. The SMILES string of the molecule is C=CC[SiH3].CO[Si](O)(O)O. The van der Waals surface area contributed by atoms with Gasteiger partial charge in [0, 0.05) is 17.4 Å². The van der Waals surface area contributed by atoms with E-state index in [-0.39, 0.29) is 0 Å². The van der Waals surface area contributed by atoms with Gasteiger partial charge in [-0.25, -0.2) is 0 Å². The van der Waals surface area contributed by atoms with Crippen molar-refractivity contribution in [3.05, 3.63) is 12.7 Å². The zero-order chi connectivity index (χ0) is 8.62. The van der Waals surface area contributed by atoms with Gasteiger partial charge in [-0.1, -0.05) is 6.08 Å². The molecule has 4 nitrogen and oxygen atoms in total. The number of hydrogen-bond donors (Lipinski definition) is 3. The van der Waals surface area contributed by atoms with Crippen LogP contribution in [0.4, 0.5) is 0 Å². The monoisotopic (exact) mass is 182 g/mol. The molecule has 0 aliphatic carbocycles. The highest BCUT2D eigenvalue weighted by Gasteiger charge is 2.27. The molecule has 0 bridgehead atoms. The van der Waals surface area contributed by atoms with E-state index in [1.165, 1.54) is 16.3 Å². The van der Waals surface area contributed by atoms with E-state index in [0.29, 0.717) is 0 Å². The Morgan fingerprint density at radius 1 is 1.60 bits per heavy atom. The highest BCUT2D eigenvalue weighted by Crippen LogP contribution is 1.80. The summed E-state index contributed by atoms with van der Waals surface area (Å²) in [4.78, 5) is 23.6. The fraction of sp³-hybridized carbons (Fsp3) is 0.500. The third-order valence-electron chi connectivity index (χ3n) is 0.563. The summed E-state index contributed by atoms with van der Waals surface area (Å²) < 4.78 is 3.74. The molecule has 0 aliphatic heterocycles. The number of allylic oxidation sites excluding steroid dienone is 1. The summed E-state index contributed by atoms with van der Waals surface area (Å²) in [6.45, 7) is 3.51. The maximum atomic E-state index is 7.85. The second kappa shape index (κ2) is 7.12. The minimum absolute atomic E-state index is 1.02. The molecule has 62 valence electrons. The van der Waals surface area contributed by atoms with Crippen molar-refractivity contribution in [2.24, 2.45) is 0 Å². The molecule has 0 fully saturated rings. The molecule has 0 aliphatic rings. The van der Waals surface area contributed by atoms with Crippen LogP contribution in [0.2, 0.25) is 6.04 Å². The number of rotatable bonds is 2. The van der Waals surface area contributed by atoms with Gasteiger partial charge in [-0.2, -0.15) is 0 Å². The van der Waals surface area contributed by atoms with Crippen LogP contribution in [-0.4, -0.2) is 40.8 Å². The molecule has 3 N–H and O–H groups in total. The van der Waals surface area contributed by atoms with Gasteiger partial charge in [0.2, 0.25) is 0 Å². The predicted molar refractivity (Wildman–Crippen MR) is 44.4 cm³/mol. The lowest BCUT2D eigenvalue weighted by Crippen LogP contribution is -2.37. The van der Waals surface area contributed by atoms with Crippen molar-refractivity contribution in [2.75, 3.05) is 7.11 Å². The first-order valence-corrected chi connectivity index (χ1v) is 5.97. The topological polar surface area (TPSA) is 69.9 Å². The maximum absolute atomic E-state index is 7.85. The van der Waals surface area contributed by atoms with Gasteiger partial charge in [0.05, 0.1) is 0 Å². The molecule has 0 saturated heterocycles. The Morgan fingerprint density at radius 3 is 1.80 bits per heavy atom. The largest absolute Gasteiger partial charge is 0.671 e. The molecular weight excluding hydrogens is 168 g/mol. The van der Waals surface area contributed by atoms with Gasteiger partial charge in [-0.15, -0.1) is 6.58 Å².